The van der Waals surface area contributed by atoms with Gasteiger partial charge in [-0.25, -0.2) is 0 Å². The van der Waals surface area contributed by atoms with Crippen molar-refractivity contribution in [2.45, 2.75) is 0 Å². The molecule has 0 radical (unpaired) electrons. The van der Waals surface area contributed by atoms with Gasteiger partial charge in [-0.1, -0.05) is 182 Å². The Balaban J connectivity index is 0.000000125. The van der Waals surface area contributed by atoms with Gasteiger partial charge in [0, 0.05) is 0 Å². The fraction of sp³-hybridized carbons (Fsp3) is 0.0145. The van der Waals surface area contributed by atoms with Crippen LogP contribution in [0.5, 0.6) is 0 Å². The third kappa shape index (κ3) is 9.52. The first kappa shape index (κ1) is 49.7. The Hall–Kier alpha value is -6.86. The summed E-state index contributed by atoms with van der Waals surface area (Å²) in [7, 11) is -1.69. The van der Waals surface area contributed by atoms with Crippen molar-refractivity contribution in [1.82, 2.24) is 0 Å². The van der Waals surface area contributed by atoms with Crippen molar-refractivity contribution >= 4 is 123 Å². The van der Waals surface area contributed by atoms with Crippen molar-refractivity contribution in [1.29, 1.82) is 0 Å². The van der Waals surface area contributed by atoms with Gasteiger partial charge in [-0.05, 0) is 135 Å². The summed E-state index contributed by atoms with van der Waals surface area (Å²) >= 11 is 0. The molecule has 14 aromatic carbocycles. The molecule has 0 spiro atoms. The van der Waals surface area contributed by atoms with Crippen molar-refractivity contribution < 1.29 is 44.8 Å². The van der Waals surface area contributed by atoms with E-state index in [-0.39, 0.29) is 44.8 Å². The van der Waals surface area contributed by atoms with Crippen LogP contribution < -0.4 is 21.2 Å². The van der Waals surface area contributed by atoms with Crippen molar-refractivity contribution in [2.75, 3.05) is 5.90 Å². The van der Waals surface area contributed by atoms with Gasteiger partial charge < -0.3 is 12.8 Å². The molecule has 0 N–H and O–H groups in total. The van der Waals surface area contributed by atoms with Gasteiger partial charge in [0.05, 0.1) is 0 Å². The number of rotatable bonds is 6. The number of benzene rings is 14. The molecule has 0 aliphatic carbocycles. The number of hydrogen-bond donors (Lipinski definition) is 0. The minimum atomic E-state index is -0.847. The first-order chi connectivity index (χ1) is 35.1. The molecule has 4 heteroatoms. The van der Waals surface area contributed by atoms with E-state index in [9.17, 15) is 0 Å². The third-order valence-electron chi connectivity index (χ3n) is 14.1. The fourth-order valence-electron chi connectivity index (χ4n) is 10.9. The van der Waals surface area contributed by atoms with Crippen LogP contribution in [0.25, 0.3) is 86.2 Å². The maximum absolute atomic E-state index is 7.50. The van der Waals surface area contributed by atoms with Gasteiger partial charge in [0.15, 0.2) is 5.90 Å². The molecule has 0 saturated heterocycles. The molecule has 0 aliphatic rings. The molecule has 14 aromatic rings. The zero-order valence-corrected chi connectivity index (χ0v) is 45.9. The maximum atomic E-state index is 7.50. The van der Waals surface area contributed by atoms with E-state index >= 15 is 0 Å². The van der Waals surface area contributed by atoms with E-state index in [2.05, 4.69) is 254 Å². The van der Waals surface area contributed by atoms with Crippen molar-refractivity contribution in [3.05, 3.63) is 279 Å². The first-order valence-electron chi connectivity index (χ1n) is 24.1. The normalized spacial score (nSPS) is 11.1. The molecule has 0 fully saturated rings. The Morgan fingerprint density at radius 2 is 0.507 bits per heavy atom. The van der Waals surface area contributed by atoms with Gasteiger partial charge in [-0.2, -0.15) is 0 Å². The SMILES string of the molecule is [Au+].[Au+].[C-]#Cc1cc2cccc3c4cccc5cccc(c(c1)c23)c54.[C-]#Cc1cc2cccc3c4cccc5cccc(c(c1)c23)c54.c1ccc([PH+](C[PH+](c2ccccc2)c2ccccc2)c2ccccc2)cc1. The van der Waals surface area contributed by atoms with Crippen molar-refractivity contribution in [3.63, 3.8) is 0 Å². The Kier molecular flexibility index (Phi) is 15.0. The van der Waals surface area contributed by atoms with E-state index in [0.717, 1.165) is 11.1 Å². The van der Waals surface area contributed by atoms with Crippen LogP contribution in [0.4, 0.5) is 0 Å². The van der Waals surface area contributed by atoms with Gasteiger partial charge in [0.1, 0.15) is 37.1 Å². The zero-order chi connectivity index (χ0) is 47.7. The quantitative estimate of drug-likeness (QED) is 0.0389. The molecule has 0 amide bonds. The van der Waals surface area contributed by atoms with Crippen LogP contribution in [0.3, 0.4) is 0 Å². The molecule has 0 aromatic heterocycles. The Morgan fingerprint density at radius 3 is 0.781 bits per heavy atom. The minimum Gasteiger partial charge on any atom is -0.366 e. The van der Waals surface area contributed by atoms with Crippen LogP contribution in [0.15, 0.2) is 255 Å². The van der Waals surface area contributed by atoms with Crippen molar-refractivity contribution in [2.24, 2.45) is 0 Å². The Labute approximate surface area is 460 Å². The van der Waals surface area contributed by atoms with Crippen LogP contribution in [0.1, 0.15) is 11.1 Å². The molecule has 0 atom stereocenters. The summed E-state index contributed by atoms with van der Waals surface area (Å²) in [6, 6.07) is 91.5. The van der Waals surface area contributed by atoms with Crippen LogP contribution in [0.2, 0.25) is 0 Å². The van der Waals surface area contributed by atoms with Crippen molar-refractivity contribution in [3.8, 4) is 11.8 Å². The van der Waals surface area contributed by atoms with E-state index < -0.39 is 15.8 Å². The molecule has 0 unspecified atom stereocenters. The summed E-state index contributed by atoms with van der Waals surface area (Å²) in [5.41, 5.74) is 1.66. The fourth-order valence-corrected chi connectivity index (χ4v) is 18.7. The van der Waals surface area contributed by atoms with Crippen LogP contribution >= 0.6 is 15.8 Å². The Bertz CT molecular complexity index is 3910. The smallest absolute Gasteiger partial charge is 0.366 e. The maximum Gasteiger partial charge on any atom is 1.00 e. The average molecular weight is 1330 g/mol. The summed E-state index contributed by atoms with van der Waals surface area (Å²) in [4.78, 5) is 0. The summed E-state index contributed by atoms with van der Waals surface area (Å²) < 4.78 is 0. The van der Waals surface area contributed by atoms with E-state index in [1.807, 2.05) is 12.1 Å². The summed E-state index contributed by atoms with van der Waals surface area (Å²) in [5.74, 6) is 6.33. The minimum absolute atomic E-state index is 0. The first-order valence-corrected chi connectivity index (χ1v) is 27.5. The van der Waals surface area contributed by atoms with Gasteiger partial charge in [-0.15, -0.1) is 35.4 Å². The van der Waals surface area contributed by atoms with Crippen LogP contribution in [0, 0.1) is 24.7 Å². The predicted octanol–water partition coefficient (Wildman–Crippen LogP) is 16.0. The van der Waals surface area contributed by atoms with Gasteiger partial charge in [-0.3, -0.25) is 11.8 Å². The molecule has 14 rings (SSSR count). The van der Waals surface area contributed by atoms with E-state index in [1.165, 1.54) is 113 Å². The predicted molar refractivity (Wildman–Crippen MR) is 314 cm³/mol. The van der Waals surface area contributed by atoms with Gasteiger partial charge in [0.2, 0.25) is 0 Å². The van der Waals surface area contributed by atoms with Gasteiger partial charge in [0.25, 0.3) is 0 Å². The zero-order valence-electron chi connectivity index (χ0n) is 39.6. The van der Waals surface area contributed by atoms with E-state index in [4.69, 9.17) is 12.8 Å². The monoisotopic (exact) mass is 1330 g/mol. The standard InChI is InChI=1S/C25H22P2.2C22H11.2Au/c1-5-13-22(14-6-1)26(23-15-7-2-8-16-23)21-27(24-17-9-3-10-18-24)25-19-11-4-12-20-25;2*1-2-14-12-16-8-5-10-18-17-9-3-6-15-7-4-11-19(21(15)17)20(13-14)22(16)18;;/h1-20H,21H2;2*3-13H;;/q;2*-1;2*+1/p+2. The third-order valence-corrected chi connectivity index (χ3v) is 21.0. The molecule has 0 bridgehead atoms. The second kappa shape index (κ2) is 22.1. The van der Waals surface area contributed by atoms with E-state index in [0.29, 0.717) is 0 Å². The molecule has 0 heterocycles. The molecular formula is C69H46Au2P2+2. The number of fused-ring (bicyclic) bond motifs is 4. The van der Waals surface area contributed by atoms with Crippen LogP contribution in [-0.2, 0) is 44.8 Å². The molecular weight excluding hydrogens is 1280 g/mol. The molecule has 0 aliphatic heterocycles. The summed E-state index contributed by atoms with van der Waals surface area (Å²) in [6.07, 6.45) is 15.0. The molecule has 352 valence electrons. The summed E-state index contributed by atoms with van der Waals surface area (Å²) in [5, 5.41) is 26.2. The Morgan fingerprint density at radius 1 is 0.260 bits per heavy atom. The van der Waals surface area contributed by atoms with E-state index in [1.54, 1.807) is 0 Å². The average Bonchev–Trinajstić information content (AvgIpc) is 3.45. The van der Waals surface area contributed by atoms with Crippen LogP contribution in [-0.4, -0.2) is 5.90 Å². The molecule has 0 nitrogen and oxygen atoms in total. The molecule has 0 saturated carbocycles. The number of hydrogen-bond acceptors (Lipinski definition) is 0. The summed E-state index contributed by atoms with van der Waals surface area (Å²) in [6.45, 7) is 0. The largest absolute Gasteiger partial charge is 1.00 e. The topological polar surface area (TPSA) is 0 Å². The van der Waals surface area contributed by atoms with Gasteiger partial charge >= 0.3 is 44.8 Å². The molecule has 73 heavy (non-hydrogen) atoms. The second-order valence-corrected chi connectivity index (χ2v) is 23.8. The second-order valence-electron chi connectivity index (χ2n) is 18.1.